The van der Waals surface area contributed by atoms with Crippen molar-refractivity contribution < 1.29 is 23.9 Å². The molecule has 1 aromatic carbocycles. The van der Waals surface area contributed by atoms with Gasteiger partial charge in [0.2, 0.25) is 17.7 Å². The molecule has 1 atom stereocenters. The summed E-state index contributed by atoms with van der Waals surface area (Å²) in [5, 5.41) is 2.87. The number of hydrogen-bond donors (Lipinski definition) is 1. The molecule has 1 unspecified atom stereocenters. The Kier molecular flexibility index (Phi) is 6.00. The van der Waals surface area contributed by atoms with Crippen LogP contribution in [0.25, 0.3) is 0 Å². The predicted molar refractivity (Wildman–Crippen MR) is 108 cm³/mol. The maximum absolute atomic E-state index is 13.0. The van der Waals surface area contributed by atoms with Gasteiger partial charge in [-0.2, -0.15) is 0 Å². The van der Waals surface area contributed by atoms with Crippen LogP contribution in [-0.4, -0.2) is 61.0 Å². The topological polar surface area (TPSA) is 88.2 Å². The van der Waals surface area contributed by atoms with Crippen LogP contribution >= 0.6 is 0 Å². The summed E-state index contributed by atoms with van der Waals surface area (Å²) in [7, 11) is 0. The van der Waals surface area contributed by atoms with Crippen LogP contribution in [0.1, 0.15) is 34.1 Å². The molecule has 0 bridgehead atoms. The predicted octanol–water partition coefficient (Wildman–Crippen LogP) is 1.57. The molecule has 2 heterocycles. The van der Waals surface area contributed by atoms with Crippen LogP contribution in [0.4, 0.5) is 5.69 Å². The molecule has 3 rings (SSSR count). The van der Waals surface area contributed by atoms with Gasteiger partial charge < -0.3 is 24.6 Å². The smallest absolute Gasteiger partial charge is 0.240 e. The zero-order chi connectivity index (χ0) is 21.2. The number of nitrogens with zero attached hydrogens (tertiary/aromatic N) is 2. The van der Waals surface area contributed by atoms with E-state index in [-0.39, 0.29) is 42.8 Å². The summed E-state index contributed by atoms with van der Waals surface area (Å²) in [4.78, 5) is 40.9. The number of anilines is 1. The molecule has 8 nitrogen and oxygen atoms in total. The average Bonchev–Trinajstić information content (AvgIpc) is 3.05. The first-order valence-electron chi connectivity index (χ1n) is 9.97. The van der Waals surface area contributed by atoms with Crippen molar-refractivity contribution >= 4 is 23.4 Å². The molecule has 0 spiro atoms. The van der Waals surface area contributed by atoms with Gasteiger partial charge in [-0.15, -0.1) is 0 Å². The van der Waals surface area contributed by atoms with Crippen molar-refractivity contribution in [2.45, 2.75) is 39.7 Å². The zero-order valence-electron chi connectivity index (χ0n) is 17.5. The number of fused-ring (bicyclic) bond motifs is 1. The first-order valence-corrected chi connectivity index (χ1v) is 9.97. The molecule has 8 heteroatoms. The van der Waals surface area contributed by atoms with E-state index < -0.39 is 5.92 Å². The molecule has 1 N–H and O–H groups in total. The van der Waals surface area contributed by atoms with Crippen LogP contribution in [0.5, 0.6) is 11.5 Å². The number of carbonyl (C=O) groups excluding carboxylic acids is 3. The Morgan fingerprint density at radius 2 is 1.90 bits per heavy atom. The largest absolute Gasteiger partial charge is 0.486 e. The first-order chi connectivity index (χ1) is 13.7. The quantitative estimate of drug-likeness (QED) is 0.806. The molecule has 29 heavy (non-hydrogen) atoms. The van der Waals surface area contributed by atoms with Crippen LogP contribution in [-0.2, 0) is 14.4 Å². The Labute approximate surface area is 171 Å². The molecule has 1 saturated heterocycles. The van der Waals surface area contributed by atoms with Crippen molar-refractivity contribution in [1.29, 1.82) is 0 Å². The Balaban J connectivity index is 1.67. The third kappa shape index (κ3) is 4.99. The minimum atomic E-state index is -0.474. The second-order valence-electron chi connectivity index (χ2n) is 8.38. The summed E-state index contributed by atoms with van der Waals surface area (Å²) in [6.45, 7) is 9.16. The van der Waals surface area contributed by atoms with Gasteiger partial charge >= 0.3 is 0 Å². The lowest BCUT2D eigenvalue weighted by atomic mass is 10.1. The standard InChI is InChI=1S/C21H29N3O5/c1-5-23(13-18(25)22-21(2,3)4)20(27)14-10-19(26)24(12-14)15-6-7-16-17(11-15)29-9-8-28-16/h6-7,11,14H,5,8-10,12-13H2,1-4H3,(H,22,25). The molecular weight excluding hydrogens is 374 g/mol. The van der Waals surface area contributed by atoms with E-state index in [2.05, 4.69) is 5.32 Å². The van der Waals surface area contributed by atoms with Gasteiger partial charge in [0, 0.05) is 36.8 Å². The number of hydrogen-bond acceptors (Lipinski definition) is 5. The van der Waals surface area contributed by atoms with Gasteiger partial charge in [-0.3, -0.25) is 14.4 Å². The first kappa shape index (κ1) is 21.0. The fourth-order valence-electron chi connectivity index (χ4n) is 3.56. The molecule has 0 saturated carbocycles. The third-order valence-corrected chi connectivity index (χ3v) is 4.85. The van der Waals surface area contributed by atoms with E-state index in [1.807, 2.05) is 27.7 Å². The van der Waals surface area contributed by atoms with Crippen molar-refractivity contribution in [1.82, 2.24) is 10.2 Å². The highest BCUT2D eigenvalue weighted by Crippen LogP contribution is 2.36. The molecule has 2 aliphatic rings. The molecule has 2 aliphatic heterocycles. The molecule has 1 aromatic rings. The number of carbonyl (C=O) groups is 3. The summed E-state index contributed by atoms with van der Waals surface area (Å²) in [5.41, 5.74) is 0.320. The lowest BCUT2D eigenvalue weighted by Gasteiger charge is -2.27. The van der Waals surface area contributed by atoms with Crippen LogP contribution in [0.3, 0.4) is 0 Å². The minimum Gasteiger partial charge on any atom is -0.486 e. The summed E-state index contributed by atoms with van der Waals surface area (Å²) in [6, 6.07) is 5.35. The highest BCUT2D eigenvalue weighted by molar-refractivity contribution is 6.01. The monoisotopic (exact) mass is 403 g/mol. The SMILES string of the molecule is CCN(CC(=O)NC(C)(C)C)C(=O)C1CC(=O)N(c2ccc3c(c2)OCCO3)C1. The van der Waals surface area contributed by atoms with E-state index >= 15 is 0 Å². The number of rotatable bonds is 5. The van der Waals surface area contributed by atoms with E-state index in [0.29, 0.717) is 36.9 Å². The van der Waals surface area contributed by atoms with Crippen molar-refractivity contribution in [3.63, 3.8) is 0 Å². The van der Waals surface area contributed by atoms with Gasteiger partial charge in [0.25, 0.3) is 0 Å². The summed E-state index contributed by atoms with van der Waals surface area (Å²) in [6.07, 6.45) is 0.130. The molecular formula is C21H29N3O5. The summed E-state index contributed by atoms with van der Waals surface area (Å²) >= 11 is 0. The van der Waals surface area contributed by atoms with Crippen LogP contribution in [0.15, 0.2) is 18.2 Å². The summed E-state index contributed by atoms with van der Waals surface area (Å²) < 4.78 is 11.1. The van der Waals surface area contributed by atoms with Crippen molar-refractivity contribution in [2.75, 3.05) is 37.7 Å². The molecule has 0 aliphatic carbocycles. The van der Waals surface area contributed by atoms with E-state index in [4.69, 9.17) is 9.47 Å². The maximum Gasteiger partial charge on any atom is 0.240 e. The van der Waals surface area contributed by atoms with Crippen molar-refractivity contribution in [2.24, 2.45) is 5.92 Å². The second-order valence-corrected chi connectivity index (χ2v) is 8.38. The molecule has 0 aromatic heterocycles. The van der Waals surface area contributed by atoms with Crippen LogP contribution < -0.4 is 19.7 Å². The Bertz CT molecular complexity index is 802. The van der Waals surface area contributed by atoms with Gasteiger partial charge in [0.15, 0.2) is 11.5 Å². The average molecular weight is 403 g/mol. The molecule has 158 valence electrons. The number of likely N-dealkylation sites (N-methyl/N-ethyl adjacent to an activating group) is 1. The highest BCUT2D eigenvalue weighted by Gasteiger charge is 2.37. The maximum atomic E-state index is 13.0. The molecule has 1 fully saturated rings. The fourth-order valence-corrected chi connectivity index (χ4v) is 3.56. The number of benzene rings is 1. The number of ether oxygens (including phenoxy) is 2. The van der Waals surface area contributed by atoms with Gasteiger partial charge in [0.1, 0.15) is 13.2 Å². The summed E-state index contributed by atoms with van der Waals surface area (Å²) in [5.74, 6) is 0.283. The normalized spacial score (nSPS) is 18.6. The lowest BCUT2D eigenvalue weighted by molar-refractivity contribution is -0.139. The van der Waals surface area contributed by atoms with Gasteiger partial charge in [-0.05, 0) is 39.8 Å². The fraction of sp³-hybridized carbons (Fsp3) is 0.571. The van der Waals surface area contributed by atoms with Gasteiger partial charge in [-0.25, -0.2) is 0 Å². The minimum absolute atomic E-state index is 0.0126. The van der Waals surface area contributed by atoms with Crippen LogP contribution in [0, 0.1) is 5.92 Å². The Hall–Kier alpha value is -2.77. The Morgan fingerprint density at radius 3 is 2.55 bits per heavy atom. The molecule has 0 radical (unpaired) electrons. The van der Waals surface area contributed by atoms with E-state index in [1.165, 1.54) is 4.90 Å². The number of amides is 3. The van der Waals surface area contributed by atoms with Crippen LogP contribution in [0.2, 0.25) is 0 Å². The van der Waals surface area contributed by atoms with Crippen molar-refractivity contribution in [3.8, 4) is 11.5 Å². The second kappa shape index (κ2) is 8.31. The van der Waals surface area contributed by atoms with Gasteiger partial charge in [0.05, 0.1) is 12.5 Å². The van der Waals surface area contributed by atoms with E-state index in [0.717, 1.165) is 0 Å². The molecule has 3 amide bonds. The van der Waals surface area contributed by atoms with Crippen molar-refractivity contribution in [3.05, 3.63) is 18.2 Å². The van der Waals surface area contributed by atoms with Gasteiger partial charge in [-0.1, -0.05) is 0 Å². The van der Waals surface area contributed by atoms with E-state index in [1.54, 1.807) is 23.1 Å². The van der Waals surface area contributed by atoms with E-state index in [9.17, 15) is 14.4 Å². The Morgan fingerprint density at radius 1 is 1.21 bits per heavy atom. The zero-order valence-corrected chi connectivity index (χ0v) is 17.5. The highest BCUT2D eigenvalue weighted by atomic mass is 16.6. The third-order valence-electron chi connectivity index (χ3n) is 4.85. The number of nitrogens with one attached hydrogen (secondary N) is 1. The lowest BCUT2D eigenvalue weighted by Crippen LogP contribution is -2.48.